The summed E-state index contributed by atoms with van der Waals surface area (Å²) in [4.78, 5) is 35.5. The van der Waals surface area contributed by atoms with E-state index in [0.29, 0.717) is 24.3 Å². The molecule has 1 aromatic heterocycles. The van der Waals surface area contributed by atoms with E-state index < -0.39 is 68.9 Å². The number of alkyl halides is 12. The second-order valence-corrected chi connectivity index (χ2v) is 11.4. The second-order valence-electron chi connectivity index (χ2n) is 11.4. The number of rotatable bonds is 2. The lowest BCUT2D eigenvalue weighted by Gasteiger charge is -2.14. The molecule has 6 aromatic carbocycles. The molecule has 50 heavy (non-hydrogen) atoms. The van der Waals surface area contributed by atoms with Crippen LogP contribution in [0, 0.1) is 0 Å². The van der Waals surface area contributed by atoms with Crippen molar-refractivity contribution in [1.82, 2.24) is 9.97 Å². The van der Waals surface area contributed by atoms with Crippen LogP contribution in [-0.4, -0.2) is 9.97 Å². The molecule has 0 N–H and O–H groups in total. The fourth-order valence-corrected chi connectivity index (χ4v) is 5.86. The van der Waals surface area contributed by atoms with Gasteiger partial charge in [0.2, 0.25) is 10.9 Å². The van der Waals surface area contributed by atoms with Gasteiger partial charge in [0.05, 0.1) is 22.3 Å². The minimum absolute atomic E-state index is 0.0373. The number of halogens is 12. The maximum absolute atomic E-state index is 13.5. The predicted octanol–water partition coefficient (Wildman–Crippen LogP) is 10.1. The van der Waals surface area contributed by atoms with E-state index in [2.05, 4.69) is 9.97 Å². The van der Waals surface area contributed by atoms with Gasteiger partial charge in [0.25, 0.3) is 0 Å². The Morgan fingerprint density at radius 2 is 0.640 bits per heavy atom. The molecule has 0 amide bonds. The summed E-state index contributed by atoms with van der Waals surface area (Å²) in [6.45, 7) is 0. The van der Waals surface area contributed by atoms with E-state index in [1.807, 2.05) is 0 Å². The zero-order chi connectivity index (χ0) is 36.3. The molecule has 7 rings (SSSR count). The van der Waals surface area contributed by atoms with Gasteiger partial charge in [0.15, 0.2) is 0 Å². The zero-order valence-electron chi connectivity index (χ0n) is 24.2. The van der Waals surface area contributed by atoms with Crippen molar-refractivity contribution in [1.29, 1.82) is 0 Å². The highest BCUT2D eigenvalue weighted by atomic mass is 19.4. The van der Waals surface area contributed by atoms with Gasteiger partial charge in [-0.3, -0.25) is 9.59 Å². The smallest absolute Gasteiger partial charge is 0.287 e. The molecule has 0 unspecified atom stereocenters. The van der Waals surface area contributed by atoms with Crippen LogP contribution >= 0.6 is 0 Å². The monoisotopic (exact) mass is 708 g/mol. The molecule has 0 aliphatic carbocycles. The summed E-state index contributed by atoms with van der Waals surface area (Å²) in [5.41, 5.74) is -9.99. The van der Waals surface area contributed by atoms with E-state index >= 15 is 0 Å². The van der Waals surface area contributed by atoms with Gasteiger partial charge < -0.3 is 0 Å². The summed E-state index contributed by atoms with van der Waals surface area (Å²) < 4.78 is 161. The summed E-state index contributed by atoms with van der Waals surface area (Å²) in [6, 6.07) is 8.86. The van der Waals surface area contributed by atoms with Crippen LogP contribution in [-0.2, 0) is 24.7 Å². The Morgan fingerprint density at radius 1 is 0.340 bits per heavy atom. The third kappa shape index (κ3) is 5.38. The topological polar surface area (TPSA) is 59.9 Å². The summed E-state index contributed by atoms with van der Waals surface area (Å²) in [6.07, 6.45) is -20.5. The molecule has 0 fully saturated rings. The zero-order valence-corrected chi connectivity index (χ0v) is 24.2. The van der Waals surface area contributed by atoms with Crippen LogP contribution in [0.2, 0.25) is 0 Å². The molecule has 16 heteroatoms. The van der Waals surface area contributed by atoms with E-state index in [1.165, 1.54) is 24.3 Å². The van der Waals surface area contributed by atoms with Gasteiger partial charge in [0, 0.05) is 21.5 Å². The lowest BCUT2D eigenvalue weighted by Crippen LogP contribution is -2.11. The predicted molar refractivity (Wildman–Crippen MR) is 158 cm³/mol. The highest BCUT2D eigenvalue weighted by molar-refractivity contribution is 6.15. The molecule has 7 aromatic rings. The molecule has 1 heterocycles. The first kappa shape index (κ1) is 33.0. The fraction of sp³-hybridized carbons (Fsp3) is 0.118. The molecule has 0 saturated carbocycles. The second kappa shape index (κ2) is 10.5. The van der Waals surface area contributed by atoms with Crippen LogP contribution in [0.15, 0.2) is 82.4 Å². The number of benzene rings is 4. The normalized spacial score (nSPS) is 13.4. The molecule has 0 radical (unpaired) electrons. The van der Waals surface area contributed by atoms with Gasteiger partial charge in [-0.25, -0.2) is 9.97 Å². The van der Waals surface area contributed by atoms with E-state index in [-0.39, 0.29) is 66.9 Å². The number of hydrogen-bond acceptors (Lipinski definition) is 4. The molecular weight excluding hydrogens is 696 g/mol. The Balaban J connectivity index is 1.39. The van der Waals surface area contributed by atoms with Crippen molar-refractivity contribution in [3.05, 3.63) is 115 Å². The third-order valence-electron chi connectivity index (χ3n) is 8.21. The molecule has 4 nitrogen and oxygen atoms in total. The van der Waals surface area contributed by atoms with Crippen LogP contribution in [0.5, 0.6) is 0 Å². The van der Waals surface area contributed by atoms with Crippen molar-refractivity contribution in [3.8, 4) is 22.3 Å². The Bertz CT molecular complexity index is 2400. The lowest BCUT2D eigenvalue weighted by molar-refractivity contribution is -0.144. The number of nitrogens with zero attached hydrogens (tertiary/aromatic N) is 2. The molecule has 0 atom stereocenters. The Kier molecular flexibility index (Phi) is 6.91. The largest absolute Gasteiger partial charge is 0.416 e. The number of fused-ring (bicyclic) bond motifs is 6. The van der Waals surface area contributed by atoms with Crippen molar-refractivity contribution in [2.24, 2.45) is 0 Å². The Labute approximate surface area is 268 Å². The van der Waals surface area contributed by atoms with Crippen molar-refractivity contribution in [3.63, 3.8) is 0 Å². The van der Waals surface area contributed by atoms with E-state index in [9.17, 15) is 62.3 Å². The molecule has 0 bridgehead atoms. The highest BCUT2D eigenvalue weighted by Crippen LogP contribution is 2.41. The van der Waals surface area contributed by atoms with Crippen LogP contribution in [0.3, 0.4) is 0 Å². The minimum Gasteiger partial charge on any atom is -0.287 e. The van der Waals surface area contributed by atoms with Gasteiger partial charge >= 0.3 is 24.7 Å². The maximum atomic E-state index is 13.5. The summed E-state index contributed by atoms with van der Waals surface area (Å²) in [5, 5.41) is -0.194. The van der Waals surface area contributed by atoms with E-state index in [0.717, 1.165) is 12.1 Å². The SMILES string of the molecule is O=c1c2cc(-c3cc(C(F)(F)F)cc(C(F)(F)F)c3)ccc2c2nc3c(=O)c4cc(-c5cc(C(F)(F)F)cc(C(F)(F)F)c5)ccc4c3nc12. The molecule has 254 valence electrons. The standard InChI is InChI=1S/C34H12F12N2O2/c35-31(36,37)17-5-15(6-18(11-17)32(38,39)40)13-1-3-21-23(9-13)29(49)27-25(21)47-28-26(48-27)22-4-2-14(10-24(22)30(28)50)16-7-19(33(41,42)43)12-20(8-16)34(44,45)46/h1-12H. The average Bonchev–Trinajstić information content (AvgIpc) is 3.47. The van der Waals surface area contributed by atoms with Gasteiger partial charge in [-0.1, -0.05) is 24.3 Å². The Hall–Kier alpha value is -5.54. The first-order chi connectivity index (χ1) is 23.1. The van der Waals surface area contributed by atoms with Crippen LogP contribution in [0.1, 0.15) is 22.3 Å². The highest BCUT2D eigenvalue weighted by Gasteiger charge is 2.38. The minimum atomic E-state index is -5.12. The van der Waals surface area contributed by atoms with Gasteiger partial charge in [-0.05, 0) is 70.8 Å². The average molecular weight is 708 g/mol. The molecule has 0 spiro atoms. The quantitative estimate of drug-likeness (QED) is 0.168. The summed E-state index contributed by atoms with van der Waals surface area (Å²) in [7, 11) is 0. The van der Waals surface area contributed by atoms with Crippen molar-refractivity contribution in [2.45, 2.75) is 24.7 Å². The Morgan fingerprint density at radius 3 is 0.920 bits per heavy atom. The van der Waals surface area contributed by atoms with Gasteiger partial charge in [-0.2, -0.15) is 52.7 Å². The van der Waals surface area contributed by atoms with Crippen LogP contribution in [0.4, 0.5) is 52.7 Å². The number of aromatic nitrogens is 2. The van der Waals surface area contributed by atoms with Crippen molar-refractivity contribution >= 4 is 43.6 Å². The summed E-state index contributed by atoms with van der Waals surface area (Å²) >= 11 is 0. The van der Waals surface area contributed by atoms with Crippen molar-refractivity contribution < 1.29 is 52.7 Å². The summed E-state index contributed by atoms with van der Waals surface area (Å²) in [5.74, 6) is 0. The number of hydrogen-bond donors (Lipinski definition) is 0. The van der Waals surface area contributed by atoms with Crippen LogP contribution in [0.25, 0.3) is 65.9 Å². The fourth-order valence-electron chi connectivity index (χ4n) is 5.86. The van der Waals surface area contributed by atoms with Gasteiger partial charge in [0.1, 0.15) is 22.1 Å². The van der Waals surface area contributed by atoms with Crippen LogP contribution < -0.4 is 10.9 Å². The van der Waals surface area contributed by atoms with Crippen molar-refractivity contribution in [2.75, 3.05) is 0 Å². The van der Waals surface area contributed by atoms with Gasteiger partial charge in [-0.15, -0.1) is 0 Å². The molecule has 0 aliphatic heterocycles. The molecular formula is C34H12F12N2O2. The maximum Gasteiger partial charge on any atom is 0.416 e. The third-order valence-corrected chi connectivity index (χ3v) is 8.21. The van der Waals surface area contributed by atoms with E-state index in [1.54, 1.807) is 0 Å². The molecule has 0 aliphatic rings. The van der Waals surface area contributed by atoms with E-state index in [4.69, 9.17) is 0 Å². The first-order valence-corrected chi connectivity index (χ1v) is 14.0. The first-order valence-electron chi connectivity index (χ1n) is 14.0. The molecule has 0 saturated heterocycles. The lowest BCUT2D eigenvalue weighted by atomic mass is 9.98.